The number of carbonyl (C=O) groups excluding carboxylic acids is 2. The number of hydrogen-bond donors (Lipinski definition) is 2. The Bertz CT molecular complexity index is 3410. The summed E-state index contributed by atoms with van der Waals surface area (Å²) in [6, 6.07) is 50.9. The minimum absolute atomic E-state index is 0.142. The highest BCUT2D eigenvalue weighted by Gasteiger charge is 2.37. The van der Waals surface area contributed by atoms with Crippen molar-refractivity contribution in [3.8, 4) is 16.9 Å². The number of tetrazole rings is 2. The number of ether oxygens (including phenoxy) is 3. The molecule has 16 heteroatoms. The second kappa shape index (κ2) is 19.5. The first-order valence-corrected chi connectivity index (χ1v) is 23.1. The fourth-order valence-electron chi connectivity index (χ4n) is 8.72. The summed E-state index contributed by atoms with van der Waals surface area (Å²) in [4.78, 5) is 26.9. The molecule has 69 heavy (non-hydrogen) atoms. The van der Waals surface area contributed by atoms with Crippen LogP contribution in [0, 0.1) is 3.57 Å². The van der Waals surface area contributed by atoms with Crippen molar-refractivity contribution >= 4 is 68.0 Å². The summed E-state index contributed by atoms with van der Waals surface area (Å²) in [6.07, 6.45) is 0. The van der Waals surface area contributed by atoms with Crippen molar-refractivity contribution in [2.75, 3.05) is 17.7 Å². The van der Waals surface area contributed by atoms with Gasteiger partial charge in [0.2, 0.25) is 11.9 Å². The van der Waals surface area contributed by atoms with Crippen molar-refractivity contribution in [1.82, 2.24) is 40.4 Å². The third kappa shape index (κ3) is 9.13. The molecule has 2 aliphatic heterocycles. The molecule has 2 atom stereocenters. The summed E-state index contributed by atoms with van der Waals surface area (Å²) in [7, 11) is 1.65. The van der Waals surface area contributed by atoms with Gasteiger partial charge in [-0.1, -0.05) is 144 Å². The third-order valence-corrected chi connectivity index (χ3v) is 12.9. The SMILES string of the molecule is CC1=C(C(=O)OCc2ccc(I)cc2)C(c2cccc3ccccc23)n2nnnc2N1.COc1ccc(-c2ccc(COC(=O)C3=C(C)Nc4nnnn4C3c3cccc4ccccc34)cc2)cc1. The molecular formula is C53H43IN10O5. The molecule has 9 aromatic rings. The van der Waals surface area contributed by atoms with E-state index in [1.165, 1.54) is 0 Å². The summed E-state index contributed by atoms with van der Waals surface area (Å²) in [5, 5.41) is 34.7. The highest BCUT2D eigenvalue weighted by molar-refractivity contribution is 14.1. The quantitative estimate of drug-likeness (QED) is 0.0980. The van der Waals surface area contributed by atoms with Crippen LogP contribution in [0.25, 0.3) is 32.7 Å². The molecule has 0 radical (unpaired) electrons. The number of hydrogen-bond acceptors (Lipinski definition) is 13. The number of rotatable bonds is 10. The van der Waals surface area contributed by atoms with E-state index in [4.69, 9.17) is 14.2 Å². The van der Waals surface area contributed by atoms with Crippen LogP contribution in [0.5, 0.6) is 5.75 Å². The minimum atomic E-state index is -0.530. The van der Waals surface area contributed by atoms with Crippen LogP contribution in [0.2, 0.25) is 0 Å². The standard InChI is InChI=1S/C30H25N5O3.C23H18IN5O2/c1-19-27(29(36)38-18-20-10-12-21(13-11-20)22-14-16-24(37-2)17-15-22)28(35-30(31-19)32-33-34-35)26-9-5-7-23-6-3-4-8-25(23)26;1-14-20(22(30)31-13-15-9-11-17(24)12-10-15)21(29-23(25-14)26-27-28-29)19-8-4-6-16-5-2-3-7-18(16)19/h3-17,28H,18H2,1-2H3,(H,31,32,34);2-12,21H,13H2,1H3,(H,25,26,28). The lowest BCUT2D eigenvalue weighted by atomic mass is 9.91. The van der Waals surface area contributed by atoms with Crippen molar-refractivity contribution in [3.05, 3.63) is 206 Å². The molecule has 342 valence electrons. The minimum Gasteiger partial charge on any atom is -0.497 e. The first-order valence-electron chi connectivity index (χ1n) is 22.0. The van der Waals surface area contributed by atoms with Crippen molar-refractivity contribution in [3.63, 3.8) is 0 Å². The maximum Gasteiger partial charge on any atom is 0.338 e. The molecule has 0 amide bonds. The summed E-state index contributed by atoms with van der Waals surface area (Å²) in [5.41, 5.74) is 8.12. The van der Waals surface area contributed by atoms with Crippen molar-refractivity contribution in [2.45, 2.75) is 39.1 Å². The highest BCUT2D eigenvalue weighted by Crippen LogP contribution is 2.40. The largest absolute Gasteiger partial charge is 0.497 e. The van der Waals surface area contributed by atoms with Gasteiger partial charge in [-0.15, -0.1) is 0 Å². The molecule has 0 aliphatic carbocycles. The predicted molar refractivity (Wildman–Crippen MR) is 270 cm³/mol. The first kappa shape index (κ1) is 44.6. The normalized spacial score (nSPS) is 15.0. The van der Waals surface area contributed by atoms with Crippen molar-refractivity contribution < 1.29 is 23.8 Å². The average Bonchev–Trinajstić information content (AvgIpc) is 4.07. The van der Waals surface area contributed by atoms with Gasteiger partial charge in [-0.25, -0.2) is 9.59 Å². The maximum atomic E-state index is 13.6. The molecule has 0 saturated heterocycles. The van der Waals surface area contributed by atoms with Gasteiger partial charge in [-0.3, -0.25) is 0 Å². The van der Waals surface area contributed by atoms with E-state index in [2.05, 4.69) is 64.3 Å². The average molecular weight is 1030 g/mol. The first-order chi connectivity index (χ1) is 33.7. The number of aromatic nitrogens is 8. The van der Waals surface area contributed by atoms with Crippen LogP contribution in [0.1, 0.15) is 48.2 Å². The summed E-state index contributed by atoms with van der Waals surface area (Å²) < 4.78 is 21.2. The Hall–Kier alpha value is -8.25. The van der Waals surface area contributed by atoms with Crippen LogP contribution in [0.3, 0.4) is 0 Å². The topological polar surface area (TPSA) is 173 Å². The molecule has 0 fully saturated rings. The van der Waals surface area contributed by atoms with Gasteiger partial charge < -0.3 is 24.8 Å². The maximum absolute atomic E-state index is 13.6. The zero-order valence-corrected chi connectivity index (χ0v) is 39.7. The molecule has 11 rings (SSSR count). The second-order valence-corrected chi connectivity index (χ2v) is 17.6. The van der Waals surface area contributed by atoms with Crippen LogP contribution in [0.15, 0.2) is 180 Å². The molecule has 2 aromatic heterocycles. The van der Waals surface area contributed by atoms with Gasteiger partial charge in [0.1, 0.15) is 31.0 Å². The van der Waals surface area contributed by atoms with E-state index >= 15 is 0 Å². The van der Waals surface area contributed by atoms with Crippen LogP contribution >= 0.6 is 22.6 Å². The number of methoxy groups -OCH3 is 1. The Morgan fingerprint density at radius 2 is 0.971 bits per heavy atom. The lowest BCUT2D eigenvalue weighted by Crippen LogP contribution is -2.29. The number of fused-ring (bicyclic) bond motifs is 4. The molecule has 2 N–H and O–H groups in total. The van der Waals surface area contributed by atoms with Crippen molar-refractivity contribution in [1.29, 1.82) is 0 Å². The summed E-state index contributed by atoms with van der Waals surface area (Å²) >= 11 is 2.25. The Balaban J connectivity index is 0.000000164. The second-order valence-electron chi connectivity index (χ2n) is 16.4. The zero-order valence-electron chi connectivity index (χ0n) is 37.6. The number of benzene rings is 7. The van der Waals surface area contributed by atoms with E-state index in [-0.39, 0.29) is 13.2 Å². The molecule has 2 unspecified atom stereocenters. The van der Waals surface area contributed by atoms with Crippen molar-refractivity contribution in [2.24, 2.45) is 0 Å². The number of anilines is 2. The molecule has 15 nitrogen and oxygen atoms in total. The van der Waals surface area contributed by atoms with E-state index in [0.29, 0.717) is 34.4 Å². The smallest absolute Gasteiger partial charge is 0.338 e. The number of nitrogens with one attached hydrogen (secondary N) is 2. The van der Waals surface area contributed by atoms with E-state index < -0.39 is 24.0 Å². The van der Waals surface area contributed by atoms with E-state index in [1.54, 1.807) is 16.5 Å². The molecule has 0 bridgehead atoms. The molecule has 2 aliphatic rings. The number of nitrogens with zero attached hydrogens (tertiary/aromatic N) is 8. The number of halogens is 1. The van der Waals surface area contributed by atoms with Gasteiger partial charge in [0.15, 0.2) is 0 Å². The van der Waals surface area contributed by atoms with Gasteiger partial charge in [-0.05, 0) is 136 Å². The van der Waals surface area contributed by atoms with Crippen LogP contribution in [0.4, 0.5) is 11.9 Å². The highest BCUT2D eigenvalue weighted by atomic mass is 127. The Kier molecular flexibility index (Phi) is 12.6. The van der Waals surface area contributed by atoms with E-state index in [1.807, 2.05) is 172 Å². The van der Waals surface area contributed by atoms with Gasteiger partial charge >= 0.3 is 11.9 Å². The van der Waals surface area contributed by atoms with Gasteiger partial charge in [-0.2, -0.15) is 9.36 Å². The lowest BCUT2D eigenvalue weighted by Gasteiger charge is -2.28. The Labute approximate surface area is 409 Å². The zero-order chi connectivity index (χ0) is 47.4. The number of esters is 2. The molecule has 0 saturated carbocycles. The van der Waals surface area contributed by atoms with Gasteiger partial charge in [0, 0.05) is 15.0 Å². The fourth-order valence-corrected chi connectivity index (χ4v) is 9.08. The molecular weight excluding hydrogens is 984 g/mol. The van der Waals surface area contributed by atoms with Gasteiger partial charge in [0.25, 0.3) is 0 Å². The monoisotopic (exact) mass is 1030 g/mol. The van der Waals surface area contributed by atoms with Crippen LogP contribution < -0.4 is 15.4 Å². The lowest BCUT2D eigenvalue weighted by molar-refractivity contribution is -0.141. The Morgan fingerprint density at radius 1 is 0.551 bits per heavy atom. The predicted octanol–water partition coefficient (Wildman–Crippen LogP) is 10.00. The van der Waals surface area contributed by atoms with E-state index in [0.717, 1.165) is 64.2 Å². The van der Waals surface area contributed by atoms with Crippen LogP contribution in [-0.4, -0.2) is 59.5 Å². The Morgan fingerprint density at radius 3 is 1.43 bits per heavy atom. The summed E-state index contributed by atoms with van der Waals surface area (Å²) in [6.45, 7) is 4.02. The fraction of sp³-hybridized carbons (Fsp3) is 0.132. The molecule has 4 heterocycles. The number of carbonyl (C=O) groups is 2. The number of allylic oxidation sites excluding steroid dienone is 2. The van der Waals surface area contributed by atoms with Gasteiger partial charge in [0.05, 0.1) is 18.3 Å². The third-order valence-electron chi connectivity index (χ3n) is 12.1. The van der Waals surface area contributed by atoms with E-state index in [9.17, 15) is 9.59 Å². The molecule has 0 spiro atoms. The van der Waals surface area contributed by atoms with Crippen LogP contribution in [-0.2, 0) is 32.3 Å². The molecule has 7 aromatic carbocycles. The summed E-state index contributed by atoms with van der Waals surface area (Å²) in [5.74, 6) is 0.960.